The summed E-state index contributed by atoms with van der Waals surface area (Å²) < 4.78 is 52.5. The van der Waals surface area contributed by atoms with Gasteiger partial charge in [0.05, 0.1) is 12.1 Å². The number of pyridine rings is 2. The first-order valence-electron chi connectivity index (χ1n) is 8.42. The van der Waals surface area contributed by atoms with Gasteiger partial charge in [-0.1, -0.05) is 0 Å². The maximum absolute atomic E-state index is 14.4. The monoisotopic (exact) mass is 380 g/mol. The topological polar surface area (TPSA) is 69.7 Å². The molecule has 4 rings (SSSR count). The second-order valence-electron chi connectivity index (χ2n) is 6.39. The molecule has 2 N–H and O–H groups in total. The zero-order valence-electron chi connectivity index (χ0n) is 14.1. The average Bonchev–Trinajstić information content (AvgIpc) is 3.05. The number of nitrogens with zero attached hydrogens (tertiary/aromatic N) is 4. The van der Waals surface area contributed by atoms with Gasteiger partial charge in [0.1, 0.15) is 11.5 Å². The molecule has 0 amide bonds. The van der Waals surface area contributed by atoms with Crippen molar-refractivity contribution in [3.8, 4) is 11.4 Å². The van der Waals surface area contributed by atoms with Crippen molar-refractivity contribution in [1.29, 1.82) is 0 Å². The number of rotatable bonds is 3. The highest BCUT2D eigenvalue weighted by Gasteiger charge is 2.34. The van der Waals surface area contributed by atoms with Crippen LogP contribution in [0, 0.1) is 5.82 Å². The molecule has 0 spiro atoms. The van der Waals surface area contributed by atoms with Gasteiger partial charge in [-0.15, -0.1) is 0 Å². The van der Waals surface area contributed by atoms with E-state index in [2.05, 4.69) is 25.5 Å². The summed E-state index contributed by atoms with van der Waals surface area (Å²) in [4.78, 5) is 10.2. The Morgan fingerprint density at radius 3 is 2.89 bits per heavy atom. The maximum atomic E-state index is 14.4. The standard InChI is InChI=1S/C17H16F4N6/c18-12-3-4-13(27-7-6-22-10(9-27)8-17(19,20)21)24-15(12)14-11-2-1-5-23-16(11)26-25-14/h1-5,10,22H,6-9H2,(H,23,25,26). The zero-order chi connectivity index (χ0) is 19.0. The number of hydrogen-bond donors (Lipinski definition) is 2. The van der Waals surface area contributed by atoms with E-state index in [0.29, 0.717) is 35.6 Å². The fourth-order valence-corrected chi connectivity index (χ4v) is 3.26. The molecule has 1 fully saturated rings. The number of alkyl halides is 3. The molecule has 3 aromatic rings. The summed E-state index contributed by atoms with van der Waals surface area (Å²) in [7, 11) is 0. The third-order valence-corrected chi connectivity index (χ3v) is 4.46. The number of H-pyrrole nitrogens is 1. The minimum Gasteiger partial charge on any atom is -0.354 e. The number of aromatic nitrogens is 4. The Bertz CT molecular complexity index is 954. The van der Waals surface area contributed by atoms with Crippen LogP contribution in [0.25, 0.3) is 22.4 Å². The molecular weight excluding hydrogens is 364 g/mol. The van der Waals surface area contributed by atoms with Crippen molar-refractivity contribution in [3.05, 3.63) is 36.3 Å². The highest BCUT2D eigenvalue weighted by molar-refractivity contribution is 5.89. The number of nitrogens with one attached hydrogen (secondary N) is 2. The van der Waals surface area contributed by atoms with E-state index in [1.807, 2.05) is 0 Å². The lowest BCUT2D eigenvalue weighted by atomic mass is 10.1. The average molecular weight is 380 g/mol. The van der Waals surface area contributed by atoms with Crippen molar-refractivity contribution in [2.45, 2.75) is 18.6 Å². The van der Waals surface area contributed by atoms with Crippen LogP contribution in [0.3, 0.4) is 0 Å². The second-order valence-corrected chi connectivity index (χ2v) is 6.39. The number of halogens is 4. The van der Waals surface area contributed by atoms with Crippen molar-refractivity contribution in [1.82, 2.24) is 25.5 Å². The molecule has 27 heavy (non-hydrogen) atoms. The summed E-state index contributed by atoms with van der Waals surface area (Å²) in [6.45, 7) is 1.02. The van der Waals surface area contributed by atoms with Gasteiger partial charge in [-0.3, -0.25) is 5.10 Å². The zero-order valence-corrected chi connectivity index (χ0v) is 14.1. The lowest BCUT2D eigenvalue weighted by Crippen LogP contribution is -2.52. The molecule has 10 heteroatoms. The predicted octanol–water partition coefficient (Wildman–Crippen LogP) is 2.89. The Morgan fingerprint density at radius 1 is 1.22 bits per heavy atom. The Hall–Kier alpha value is -2.75. The van der Waals surface area contributed by atoms with Crippen LogP contribution in [0.15, 0.2) is 30.5 Å². The van der Waals surface area contributed by atoms with E-state index in [1.165, 1.54) is 12.1 Å². The lowest BCUT2D eigenvalue weighted by Gasteiger charge is -2.35. The van der Waals surface area contributed by atoms with E-state index in [9.17, 15) is 17.6 Å². The maximum Gasteiger partial charge on any atom is 0.390 e. The summed E-state index contributed by atoms with van der Waals surface area (Å²) in [6.07, 6.45) is -3.59. The van der Waals surface area contributed by atoms with Crippen LogP contribution in [0.4, 0.5) is 23.4 Å². The normalized spacial score (nSPS) is 18.2. The smallest absolute Gasteiger partial charge is 0.354 e. The van der Waals surface area contributed by atoms with Crippen molar-refractivity contribution >= 4 is 16.9 Å². The molecule has 0 saturated carbocycles. The largest absolute Gasteiger partial charge is 0.390 e. The summed E-state index contributed by atoms with van der Waals surface area (Å²) in [5, 5.41) is 10.3. The molecule has 0 aromatic carbocycles. The Balaban J connectivity index is 1.64. The molecule has 1 aliphatic rings. The first kappa shape index (κ1) is 17.7. The van der Waals surface area contributed by atoms with E-state index >= 15 is 0 Å². The van der Waals surface area contributed by atoms with E-state index in [0.717, 1.165) is 0 Å². The van der Waals surface area contributed by atoms with E-state index in [-0.39, 0.29) is 12.2 Å². The second kappa shape index (κ2) is 6.76. The highest BCUT2D eigenvalue weighted by Crippen LogP contribution is 2.29. The summed E-state index contributed by atoms with van der Waals surface area (Å²) >= 11 is 0. The van der Waals surface area contributed by atoms with Crippen LogP contribution in [0.2, 0.25) is 0 Å². The SMILES string of the molecule is Fc1ccc(N2CCNC(CC(F)(F)F)C2)nc1-c1[nH]nc2ncccc12. The Labute approximate surface area is 151 Å². The van der Waals surface area contributed by atoms with Crippen molar-refractivity contribution in [2.24, 2.45) is 0 Å². The Morgan fingerprint density at radius 2 is 2.07 bits per heavy atom. The number of anilines is 1. The van der Waals surface area contributed by atoms with Gasteiger partial charge in [0.2, 0.25) is 0 Å². The van der Waals surface area contributed by atoms with Crippen LogP contribution in [-0.4, -0.2) is 52.0 Å². The molecule has 142 valence electrons. The molecule has 0 radical (unpaired) electrons. The molecule has 0 bridgehead atoms. The summed E-state index contributed by atoms with van der Waals surface area (Å²) in [5.74, 6) is -0.123. The van der Waals surface area contributed by atoms with E-state index < -0.39 is 24.5 Å². The van der Waals surface area contributed by atoms with Gasteiger partial charge in [0.15, 0.2) is 11.5 Å². The van der Waals surface area contributed by atoms with Crippen molar-refractivity contribution in [2.75, 3.05) is 24.5 Å². The number of hydrogen-bond acceptors (Lipinski definition) is 5. The molecule has 1 unspecified atom stereocenters. The highest BCUT2D eigenvalue weighted by atomic mass is 19.4. The number of aromatic amines is 1. The predicted molar refractivity (Wildman–Crippen MR) is 91.8 cm³/mol. The van der Waals surface area contributed by atoms with Gasteiger partial charge in [-0.25, -0.2) is 14.4 Å². The van der Waals surface area contributed by atoms with Crippen LogP contribution >= 0.6 is 0 Å². The molecule has 0 aliphatic carbocycles. The summed E-state index contributed by atoms with van der Waals surface area (Å²) in [6, 6.07) is 5.47. The lowest BCUT2D eigenvalue weighted by molar-refractivity contribution is -0.139. The van der Waals surface area contributed by atoms with Gasteiger partial charge >= 0.3 is 6.18 Å². The summed E-state index contributed by atoms with van der Waals surface area (Å²) in [5.41, 5.74) is 0.889. The van der Waals surface area contributed by atoms with Gasteiger partial charge in [0, 0.05) is 37.3 Å². The first-order valence-corrected chi connectivity index (χ1v) is 8.42. The minimum absolute atomic E-state index is 0.0638. The molecule has 1 aliphatic heterocycles. The van der Waals surface area contributed by atoms with E-state index in [4.69, 9.17) is 0 Å². The van der Waals surface area contributed by atoms with Crippen molar-refractivity contribution < 1.29 is 17.6 Å². The first-order chi connectivity index (χ1) is 12.9. The van der Waals surface area contributed by atoms with E-state index in [1.54, 1.807) is 23.2 Å². The van der Waals surface area contributed by atoms with Crippen LogP contribution in [0.5, 0.6) is 0 Å². The molecule has 3 aromatic heterocycles. The molecule has 1 atom stereocenters. The van der Waals surface area contributed by atoms with Crippen LogP contribution in [-0.2, 0) is 0 Å². The third-order valence-electron chi connectivity index (χ3n) is 4.46. The minimum atomic E-state index is -4.25. The quantitative estimate of drug-likeness (QED) is 0.684. The molecule has 6 nitrogen and oxygen atoms in total. The number of fused-ring (bicyclic) bond motifs is 1. The fourth-order valence-electron chi connectivity index (χ4n) is 3.26. The number of piperazine rings is 1. The van der Waals surface area contributed by atoms with Gasteiger partial charge in [-0.05, 0) is 24.3 Å². The van der Waals surface area contributed by atoms with Gasteiger partial charge < -0.3 is 10.2 Å². The third kappa shape index (κ3) is 3.70. The molecule has 1 saturated heterocycles. The van der Waals surface area contributed by atoms with Crippen LogP contribution < -0.4 is 10.2 Å². The van der Waals surface area contributed by atoms with Crippen molar-refractivity contribution in [3.63, 3.8) is 0 Å². The van der Waals surface area contributed by atoms with Crippen LogP contribution in [0.1, 0.15) is 6.42 Å². The Kier molecular flexibility index (Phi) is 4.42. The fraction of sp³-hybridized carbons (Fsp3) is 0.353. The molecule has 4 heterocycles. The molecular formula is C17H16F4N6. The van der Waals surface area contributed by atoms with Gasteiger partial charge in [0.25, 0.3) is 0 Å². The van der Waals surface area contributed by atoms with Gasteiger partial charge in [-0.2, -0.15) is 18.3 Å².